The van der Waals surface area contributed by atoms with E-state index in [1.807, 2.05) is 30.3 Å². The molecular weight excluding hydrogens is 146 g/mol. The van der Waals surface area contributed by atoms with Crippen molar-refractivity contribution >= 4 is 0 Å². The van der Waals surface area contributed by atoms with Crippen LogP contribution in [0, 0.1) is 11.3 Å². The Morgan fingerprint density at radius 3 is 2.58 bits per heavy atom. The molecule has 0 fully saturated rings. The average molecular weight is 157 g/mol. The summed E-state index contributed by atoms with van der Waals surface area (Å²) < 4.78 is 0. The lowest BCUT2D eigenvalue weighted by Crippen LogP contribution is -1.86. The Bertz CT molecular complexity index is 293. The van der Waals surface area contributed by atoms with Crippen LogP contribution in [-0.2, 0) is 0 Å². The third kappa shape index (κ3) is 2.25. The minimum atomic E-state index is 0.325. The van der Waals surface area contributed by atoms with E-state index < -0.39 is 0 Å². The van der Waals surface area contributed by atoms with Crippen molar-refractivity contribution in [3.8, 4) is 6.07 Å². The van der Waals surface area contributed by atoms with Crippen molar-refractivity contribution in [1.29, 1.82) is 5.26 Å². The Balaban J connectivity index is 2.73. The van der Waals surface area contributed by atoms with Gasteiger partial charge in [0.1, 0.15) is 0 Å². The van der Waals surface area contributed by atoms with Crippen LogP contribution >= 0.6 is 0 Å². The summed E-state index contributed by atoms with van der Waals surface area (Å²) in [5.74, 6) is 0.325. The normalized spacial score (nSPS) is 12.7. The highest BCUT2D eigenvalue weighted by molar-refractivity contribution is 5.24. The zero-order valence-corrected chi connectivity index (χ0v) is 7.07. The van der Waals surface area contributed by atoms with Crippen molar-refractivity contribution in [2.45, 2.75) is 12.8 Å². The number of hydrogen-bond acceptors (Lipinski definition) is 1. The first-order valence-electron chi connectivity index (χ1n) is 3.96. The summed E-state index contributed by atoms with van der Waals surface area (Å²) in [4.78, 5) is 0. The molecule has 0 N–H and O–H groups in total. The summed E-state index contributed by atoms with van der Waals surface area (Å²) in [6, 6.07) is 12.1. The molecule has 0 saturated heterocycles. The summed E-state index contributed by atoms with van der Waals surface area (Å²) in [6.45, 7) is 2.07. The van der Waals surface area contributed by atoms with E-state index in [0.717, 1.165) is 0 Å². The molecule has 0 aromatic heterocycles. The molecule has 1 nitrogen and oxygen atoms in total. The summed E-state index contributed by atoms with van der Waals surface area (Å²) in [5.41, 5.74) is 1.24. The van der Waals surface area contributed by atoms with Gasteiger partial charge in [-0.25, -0.2) is 0 Å². The molecule has 0 aliphatic rings. The quantitative estimate of drug-likeness (QED) is 0.605. The second-order valence-electron chi connectivity index (χ2n) is 2.69. The van der Waals surface area contributed by atoms with Gasteiger partial charge in [0.05, 0.1) is 6.07 Å². The molecule has 0 amide bonds. The van der Waals surface area contributed by atoms with Crippen molar-refractivity contribution in [3.63, 3.8) is 0 Å². The van der Waals surface area contributed by atoms with Crippen molar-refractivity contribution in [3.05, 3.63) is 48.0 Å². The number of hydrogen-bond donors (Lipinski definition) is 0. The van der Waals surface area contributed by atoms with Crippen molar-refractivity contribution in [1.82, 2.24) is 0 Å². The van der Waals surface area contributed by atoms with E-state index in [-0.39, 0.29) is 0 Å². The number of allylic oxidation sites excluding steroid dienone is 2. The standard InChI is InChI=1S/C11H11N/c1-10(6-5-9-12)11-7-3-2-4-8-11/h2-8,10H,1H3/b6-5+. The van der Waals surface area contributed by atoms with Gasteiger partial charge in [-0.05, 0) is 11.5 Å². The summed E-state index contributed by atoms with van der Waals surface area (Å²) in [7, 11) is 0. The van der Waals surface area contributed by atoms with Crippen LogP contribution in [0.25, 0.3) is 0 Å². The highest BCUT2D eigenvalue weighted by Crippen LogP contribution is 2.14. The molecule has 0 heterocycles. The SMILES string of the molecule is CC(/C=C/C#N)c1ccccc1. The molecule has 0 aliphatic heterocycles. The number of nitrogens with zero attached hydrogens (tertiary/aromatic N) is 1. The fourth-order valence-corrected chi connectivity index (χ4v) is 1.06. The van der Waals surface area contributed by atoms with Crippen molar-refractivity contribution in [2.75, 3.05) is 0 Å². The predicted molar refractivity (Wildman–Crippen MR) is 49.6 cm³/mol. The van der Waals surface area contributed by atoms with Crippen LogP contribution in [0.1, 0.15) is 18.4 Å². The van der Waals surface area contributed by atoms with E-state index in [9.17, 15) is 0 Å². The minimum absolute atomic E-state index is 0.325. The molecule has 1 aromatic carbocycles. The maximum absolute atomic E-state index is 8.33. The van der Waals surface area contributed by atoms with Gasteiger partial charge in [-0.3, -0.25) is 0 Å². The second-order valence-corrected chi connectivity index (χ2v) is 2.69. The molecule has 1 unspecified atom stereocenters. The molecule has 0 saturated carbocycles. The lowest BCUT2D eigenvalue weighted by atomic mass is 10.0. The molecule has 60 valence electrons. The Morgan fingerprint density at radius 1 is 1.33 bits per heavy atom. The van der Waals surface area contributed by atoms with Crippen LogP contribution in [0.5, 0.6) is 0 Å². The van der Waals surface area contributed by atoms with Crippen LogP contribution in [0.3, 0.4) is 0 Å². The molecule has 1 aromatic rings. The second kappa shape index (κ2) is 4.35. The fourth-order valence-electron chi connectivity index (χ4n) is 1.06. The monoisotopic (exact) mass is 157 g/mol. The highest BCUT2D eigenvalue weighted by atomic mass is 14.2. The van der Waals surface area contributed by atoms with E-state index in [1.165, 1.54) is 11.6 Å². The molecule has 1 atom stereocenters. The van der Waals surface area contributed by atoms with Gasteiger partial charge in [-0.1, -0.05) is 43.3 Å². The zero-order valence-electron chi connectivity index (χ0n) is 7.07. The van der Waals surface area contributed by atoms with Crippen LogP contribution in [0.2, 0.25) is 0 Å². The first kappa shape index (κ1) is 8.55. The maximum atomic E-state index is 8.33. The van der Waals surface area contributed by atoms with Gasteiger partial charge in [0.25, 0.3) is 0 Å². The minimum Gasteiger partial charge on any atom is -0.193 e. The number of benzene rings is 1. The summed E-state index contributed by atoms with van der Waals surface area (Å²) in [6.07, 6.45) is 3.42. The zero-order chi connectivity index (χ0) is 8.81. The molecule has 12 heavy (non-hydrogen) atoms. The van der Waals surface area contributed by atoms with E-state index in [1.54, 1.807) is 0 Å². The first-order chi connectivity index (χ1) is 5.84. The van der Waals surface area contributed by atoms with Crippen LogP contribution in [0.15, 0.2) is 42.5 Å². The lowest BCUT2D eigenvalue weighted by molar-refractivity contribution is 0.968. The summed E-state index contributed by atoms with van der Waals surface area (Å²) >= 11 is 0. The Kier molecular flexibility index (Phi) is 3.10. The topological polar surface area (TPSA) is 23.8 Å². The predicted octanol–water partition coefficient (Wildman–Crippen LogP) is 2.87. The van der Waals surface area contributed by atoms with Gasteiger partial charge >= 0.3 is 0 Å². The van der Waals surface area contributed by atoms with Crippen LogP contribution in [-0.4, -0.2) is 0 Å². The van der Waals surface area contributed by atoms with Gasteiger partial charge in [-0.2, -0.15) is 5.26 Å². The van der Waals surface area contributed by atoms with E-state index >= 15 is 0 Å². The van der Waals surface area contributed by atoms with Gasteiger partial charge in [0, 0.05) is 6.08 Å². The third-order valence-electron chi connectivity index (χ3n) is 1.78. The Hall–Kier alpha value is -1.55. The van der Waals surface area contributed by atoms with Gasteiger partial charge in [-0.15, -0.1) is 0 Å². The van der Waals surface area contributed by atoms with E-state index in [4.69, 9.17) is 5.26 Å². The van der Waals surface area contributed by atoms with Crippen LogP contribution in [0.4, 0.5) is 0 Å². The summed E-state index contributed by atoms with van der Waals surface area (Å²) in [5, 5.41) is 8.33. The van der Waals surface area contributed by atoms with Crippen molar-refractivity contribution in [2.24, 2.45) is 0 Å². The average Bonchev–Trinajstić information content (AvgIpc) is 2.15. The van der Waals surface area contributed by atoms with Gasteiger partial charge in [0.2, 0.25) is 0 Å². The number of nitriles is 1. The highest BCUT2D eigenvalue weighted by Gasteiger charge is 1.97. The number of rotatable bonds is 2. The fraction of sp³-hybridized carbons (Fsp3) is 0.182. The molecule has 0 spiro atoms. The first-order valence-corrected chi connectivity index (χ1v) is 3.96. The molecular formula is C11H11N. The lowest BCUT2D eigenvalue weighted by Gasteiger charge is -2.03. The molecule has 0 radical (unpaired) electrons. The van der Waals surface area contributed by atoms with Crippen molar-refractivity contribution < 1.29 is 0 Å². The molecule has 0 aliphatic carbocycles. The van der Waals surface area contributed by atoms with E-state index in [2.05, 4.69) is 19.1 Å². The molecule has 0 bridgehead atoms. The largest absolute Gasteiger partial charge is 0.193 e. The van der Waals surface area contributed by atoms with E-state index in [0.29, 0.717) is 5.92 Å². The van der Waals surface area contributed by atoms with Crippen LogP contribution < -0.4 is 0 Å². The Labute approximate surface area is 73.0 Å². The molecule has 1 rings (SSSR count). The van der Waals surface area contributed by atoms with Gasteiger partial charge in [0.15, 0.2) is 0 Å². The smallest absolute Gasteiger partial charge is 0.0908 e. The molecule has 1 heteroatoms. The maximum Gasteiger partial charge on any atom is 0.0908 e. The van der Waals surface area contributed by atoms with Gasteiger partial charge < -0.3 is 0 Å². The third-order valence-corrected chi connectivity index (χ3v) is 1.78. The Morgan fingerprint density at radius 2 is 2.00 bits per heavy atom.